The number of hydrogen-bond donors (Lipinski definition) is 1. The zero-order valence-electron chi connectivity index (χ0n) is 12.8. The van der Waals surface area contributed by atoms with Crippen LogP contribution in [0.4, 0.5) is 0 Å². The molecule has 23 heavy (non-hydrogen) atoms. The van der Waals surface area contributed by atoms with Crippen molar-refractivity contribution in [3.8, 4) is 27.4 Å². The Balaban J connectivity index is 2.02. The molecule has 3 heterocycles. The van der Waals surface area contributed by atoms with E-state index in [1.165, 1.54) is 9.75 Å². The highest BCUT2D eigenvalue weighted by Crippen LogP contribution is 2.39. The number of H-pyrrole nitrogens is 1. The molecule has 0 bridgehead atoms. The Morgan fingerprint density at radius 2 is 1.91 bits per heavy atom. The standard InChI is InChI=1S/C18H15N3OS/c1-11-7-8-15(23-11)13-9-10-19-18-16(13)17(20-21-18)12-5-3-4-6-14(12)22-2/h3-10H,1-2H3,(H,19,20,21). The largest absolute Gasteiger partial charge is 0.496 e. The lowest BCUT2D eigenvalue weighted by Crippen LogP contribution is -1.88. The maximum absolute atomic E-state index is 5.50. The number of hydrogen-bond acceptors (Lipinski definition) is 4. The number of aromatic nitrogens is 3. The molecule has 0 saturated heterocycles. The van der Waals surface area contributed by atoms with Crippen LogP contribution in [0.2, 0.25) is 0 Å². The van der Waals surface area contributed by atoms with Crippen molar-refractivity contribution >= 4 is 22.4 Å². The van der Waals surface area contributed by atoms with Crippen LogP contribution in [-0.2, 0) is 0 Å². The second-order valence-electron chi connectivity index (χ2n) is 5.27. The Bertz CT molecular complexity index is 987. The SMILES string of the molecule is COc1ccccc1-c1[nH]nc2nccc(-c3ccc(C)s3)c12. The molecule has 0 unspecified atom stereocenters. The van der Waals surface area contributed by atoms with Crippen molar-refractivity contribution in [1.29, 1.82) is 0 Å². The Morgan fingerprint density at radius 3 is 2.70 bits per heavy atom. The number of fused-ring (bicyclic) bond motifs is 1. The van der Waals surface area contributed by atoms with Gasteiger partial charge in [-0.3, -0.25) is 5.10 Å². The maximum atomic E-state index is 5.50. The van der Waals surface area contributed by atoms with Crippen molar-refractivity contribution in [2.75, 3.05) is 7.11 Å². The minimum absolute atomic E-state index is 0.717. The summed E-state index contributed by atoms with van der Waals surface area (Å²) in [6.07, 6.45) is 1.81. The Hall–Kier alpha value is -2.66. The number of nitrogens with zero attached hydrogens (tertiary/aromatic N) is 2. The molecule has 0 atom stereocenters. The van der Waals surface area contributed by atoms with Gasteiger partial charge < -0.3 is 4.74 Å². The number of ether oxygens (including phenoxy) is 1. The highest BCUT2D eigenvalue weighted by atomic mass is 32.1. The van der Waals surface area contributed by atoms with Crippen molar-refractivity contribution in [2.45, 2.75) is 6.92 Å². The molecule has 1 N–H and O–H groups in total. The third kappa shape index (κ3) is 2.29. The van der Waals surface area contributed by atoms with Gasteiger partial charge in [0.2, 0.25) is 0 Å². The van der Waals surface area contributed by atoms with Gasteiger partial charge in [0.05, 0.1) is 18.2 Å². The molecular formula is C18H15N3OS. The maximum Gasteiger partial charge on any atom is 0.182 e. The Morgan fingerprint density at radius 1 is 1.04 bits per heavy atom. The molecule has 0 saturated carbocycles. The van der Waals surface area contributed by atoms with Crippen LogP contribution < -0.4 is 4.74 Å². The minimum atomic E-state index is 0.717. The van der Waals surface area contributed by atoms with E-state index in [9.17, 15) is 0 Å². The summed E-state index contributed by atoms with van der Waals surface area (Å²) in [6, 6.07) is 14.3. The monoisotopic (exact) mass is 321 g/mol. The average Bonchev–Trinajstić information content (AvgIpc) is 3.21. The van der Waals surface area contributed by atoms with Crippen molar-refractivity contribution in [1.82, 2.24) is 15.2 Å². The van der Waals surface area contributed by atoms with Crippen LogP contribution in [0.15, 0.2) is 48.7 Å². The molecule has 114 valence electrons. The van der Waals surface area contributed by atoms with Crippen LogP contribution in [0.25, 0.3) is 32.7 Å². The zero-order valence-corrected chi connectivity index (χ0v) is 13.6. The van der Waals surface area contributed by atoms with Crippen molar-refractivity contribution in [2.24, 2.45) is 0 Å². The summed E-state index contributed by atoms with van der Waals surface area (Å²) in [6.45, 7) is 2.11. The number of pyridine rings is 1. The van der Waals surface area contributed by atoms with Gasteiger partial charge >= 0.3 is 0 Å². The lowest BCUT2D eigenvalue weighted by atomic mass is 10.0. The third-order valence-corrected chi connectivity index (χ3v) is 4.87. The Kier molecular flexibility index (Phi) is 3.35. The van der Waals surface area contributed by atoms with Crippen molar-refractivity contribution in [3.05, 3.63) is 53.5 Å². The summed E-state index contributed by atoms with van der Waals surface area (Å²) < 4.78 is 5.50. The van der Waals surface area contributed by atoms with Crippen LogP contribution in [0.5, 0.6) is 5.75 Å². The molecule has 4 rings (SSSR count). The molecule has 0 radical (unpaired) electrons. The number of para-hydroxylation sites is 1. The molecule has 3 aromatic heterocycles. The van der Waals surface area contributed by atoms with E-state index in [4.69, 9.17) is 4.74 Å². The summed E-state index contributed by atoms with van der Waals surface area (Å²) in [7, 11) is 1.68. The average molecular weight is 321 g/mol. The molecule has 1 aromatic carbocycles. The van der Waals surface area contributed by atoms with Crippen LogP contribution in [0.3, 0.4) is 0 Å². The molecule has 4 aromatic rings. The fourth-order valence-corrected chi connectivity index (χ4v) is 3.68. The summed E-state index contributed by atoms with van der Waals surface area (Å²) in [5.41, 5.74) is 3.78. The molecule has 0 aliphatic heterocycles. The van der Waals surface area contributed by atoms with E-state index in [2.05, 4.69) is 34.2 Å². The fourth-order valence-electron chi connectivity index (χ4n) is 2.78. The van der Waals surface area contributed by atoms with Gasteiger partial charge in [-0.25, -0.2) is 4.98 Å². The molecule has 0 aliphatic carbocycles. The number of methoxy groups -OCH3 is 1. The molecule has 0 fully saturated rings. The van der Waals surface area contributed by atoms with Gasteiger partial charge in [-0.05, 0) is 37.3 Å². The first-order valence-electron chi connectivity index (χ1n) is 7.31. The molecule has 0 amide bonds. The van der Waals surface area contributed by atoms with Gasteiger partial charge in [-0.1, -0.05) is 12.1 Å². The number of thiophene rings is 1. The Labute approximate surface area is 137 Å². The predicted molar refractivity (Wildman–Crippen MR) is 93.9 cm³/mol. The van der Waals surface area contributed by atoms with Gasteiger partial charge in [-0.2, -0.15) is 5.10 Å². The minimum Gasteiger partial charge on any atom is -0.496 e. The second kappa shape index (κ2) is 5.52. The van der Waals surface area contributed by atoms with Gasteiger partial charge in [0.25, 0.3) is 0 Å². The first kappa shape index (κ1) is 14.0. The lowest BCUT2D eigenvalue weighted by Gasteiger charge is -2.08. The molecule has 0 aliphatic rings. The molecule has 4 nitrogen and oxygen atoms in total. The topological polar surface area (TPSA) is 50.8 Å². The van der Waals surface area contributed by atoms with Gasteiger partial charge in [-0.15, -0.1) is 11.3 Å². The molecule has 0 spiro atoms. The summed E-state index contributed by atoms with van der Waals surface area (Å²) >= 11 is 1.77. The second-order valence-corrected chi connectivity index (χ2v) is 6.55. The number of benzene rings is 1. The van der Waals surface area contributed by atoms with E-state index >= 15 is 0 Å². The van der Waals surface area contributed by atoms with Gasteiger partial charge in [0, 0.05) is 27.1 Å². The first-order chi connectivity index (χ1) is 11.3. The number of rotatable bonds is 3. The van der Waals surface area contributed by atoms with Crippen LogP contribution in [-0.4, -0.2) is 22.3 Å². The van der Waals surface area contributed by atoms with Crippen LogP contribution >= 0.6 is 11.3 Å². The smallest absolute Gasteiger partial charge is 0.182 e. The van der Waals surface area contributed by atoms with E-state index in [1.807, 2.05) is 30.3 Å². The highest BCUT2D eigenvalue weighted by molar-refractivity contribution is 7.15. The lowest BCUT2D eigenvalue weighted by molar-refractivity contribution is 0.416. The number of nitrogens with one attached hydrogen (secondary N) is 1. The summed E-state index contributed by atoms with van der Waals surface area (Å²) in [5, 5.41) is 8.54. The van der Waals surface area contributed by atoms with E-state index in [0.717, 1.165) is 33.6 Å². The van der Waals surface area contributed by atoms with E-state index in [1.54, 1.807) is 24.6 Å². The van der Waals surface area contributed by atoms with Crippen LogP contribution in [0, 0.1) is 6.92 Å². The third-order valence-electron chi connectivity index (χ3n) is 3.84. The first-order valence-corrected chi connectivity index (χ1v) is 8.13. The summed E-state index contributed by atoms with van der Waals surface area (Å²) in [5.74, 6) is 0.815. The van der Waals surface area contributed by atoms with E-state index in [0.29, 0.717) is 0 Å². The van der Waals surface area contributed by atoms with Crippen molar-refractivity contribution < 1.29 is 4.74 Å². The highest BCUT2D eigenvalue weighted by Gasteiger charge is 2.17. The van der Waals surface area contributed by atoms with Gasteiger partial charge in [0.15, 0.2) is 5.65 Å². The van der Waals surface area contributed by atoms with E-state index < -0.39 is 0 Å². The number of aryl methyl sites for hydroxylation is 1. The fraction of sp³-hybridized carbons (Fsp3) is 0.111. The van der Waals surface area contributed by atoms with Crippen LogP contribution in [0.1, 0.15) is 4.88 Å². The number of aromatic amines is 1. The van der Waals surface area contributed by atoms with Gasteiger partial charge in [0.1, 0.15) is 5.75 Å². The molecular weight excluding hydrogens is 306 g/mol. The van der Waals surface area contributed by atoms with E-state index in [-0.39, 0.29) is 0 Å². The van der Waals surface area contributed by atoms with Crippen molar-refractivity contribution in [3.63, 3.8) is 0 Å². The summed E-state index contributed by atoms with van der Waals surface area (Å²) in [4.78, 5) is 6.90. The normalized spacial score (nSPS) is 11.0. The zero-order chi connectivity index (χ0) is 15.8. The quantitative estimate of drug-likeness (QED) is 0.596. The molecule has 5 heteroatoms. The predicted octanol–water partition coefficient (Wildman–Crippen LogP) is 4.67.